The van der Waals surface area contributed by atoms with E-state index in [0.29, 0.717) is 5.56 Å². The number of aromatic nitrogens is 1. The van der Waals surface area contributed by atoms with Crippen LogP contribution in [0.2, 0.25) is 0 Å². The van der Waals surface area contributed by atoms with Gasteiger partial charge in [-0.15, -0.1) is 0 Å². The number of nitrogens with zero attached hydrogens (tertiary/aromatic N) is 2. The van der Waals surface area contributed by atoms with Crippen molar-refractivity contribution in [1.29, 1.82) is 0 Å². The Morgan fingerprint density at radius 2 is 1.95 bits per heavy atom. The average molecular weight is 256 g/mol. The third-order valence-electron chi connectivity index (χ3n) is 2.98. The fourth-order valence-corrected chi connectivity index (χ4v) is 1.84. The van der Waals surface area contributed by atoms with Crippen LogP contribution in [0.3, 0.4) is 0 Å². The summed E-state index contributed by atoms with van der Waals surface area (Å²) in [7, 11) is 1.74. The molecule has 0 aliphatic heterocycles. The van der Waals surface area contributed by atoms with Crippen LogP contribution in [-0.4, -0.2) is 17.9 Å². The Bertz CT molecular complexity index is 583. The summed E-state index contributed by atoms with van der Waals surface area (Å²) in [6, 6.07) is 8.95. The molecule has 1 aromatic heterocycles. The minimum Gasteiger partial charge on any atom is -0.324 e. The van der Waals surface area contributed by atoms with Gasteiger partial charge in [0.05, 0.1) is 5.69 Å². The van der Waals surface area contributed by atoms with Crippen LogP contribution in [-0.2, 0) is 0 Å². The number of hydrogen-bond donors (Lipinski definition) is 2. The first-order chi connectivity index (χ1) is 9.13. The quantitative estimate of drug-likeness (QED) is 0.650. The maximum atomic E-state index is 12.4. The van der Waals surface area contributed by atoms with E-state index in [4.69, 9.17) is 5.84 Å². The molecule has 0 radical (unpaired) electrons. The van der Waals surface area contributed by atoms with Crippen molar-refractivity contribution in [2.45, 2.75) is 6.92 Å². The maximum Gasteiger partial charge on any atom is 0.258 e. The Morgan fingerprint density at radius 3 is 2.53 bits per heavy atom. The van der Waals surface area contributed by atoms with E-state index in [0.717, 1.165) is 16.9 Å². The lowest BCUT2D eigenvalue weighted by Gasteiger charge is -2.17. The number of amides is 1. The van der Waals surface area contributed by atoms with Gasteiger partial charge in [0.2, 0.25) is 0 Å². The van der Waals surface area contributed by atoms with E-state index in [1.165, 1.54) is 0 Å². The molecule has 2 rings (SSSR count). The average Bonchev–Trinajstić information content (AvgIpc) is 2.46. The van der Waals surface area contributed by atoms with Gasteiger partial charge in [-0.1, -0.05) is 0 Å². The normalized spacial score (nSPS) is 10.1. The van der Waals surface area contributed by atoms with Gasteiger partial charge in [0.1, 0.15) is 0 Å². The third-order valence-corrected chi connectivity index (χ3v) is 2.98. The van der Waals surface area contributed by atoms with Gasteiger partial charge in [-0.05, 0) is 42.8 Å². The summed E-state index contributed by atoms with van der Waals surface area (Å²) in [6.07, 6.45) is 3.32. The van der Waals surface area contributed by atoms with Crippen LogP contribution in [0.1, 0.15) is 15.9 Å². The molecule has 0 unspecified atom stereocenters. The largest absolute Gasteiger partial charge is 0.324 e. The van der Waals surface area contributed by atoms with Crippen molar-refractivity contribution in [3.63, 3.8) is 0 Å². The molecule has 0 spiro atoms. The van der Waals surface area contributed by atoms with Gasteiger partial charge in [0.15, 0.2) is 0 Å². The van der Waals surface area contributed by atoms with E-state index in [9.17, 15) is 4.79 Å². The van der Waals surface area contributed by atoms with E-state index < -0.39 is 0 Å². The highest BCUT2D eigenvalue weighted by molar-refractivity contribution is 6.06. The van der Waals surface area contributed by atoms with Crippen molar-refractivity contribution < 1.29 is 4.79 Å². The topological polar surface area (TPSA) is 71.2 Å². The van der Waals surface area contributed by atoms with Gasteiger partial charge in [0.25, 0.3) is 5.91 Å². The maximum absolute atomic E-state index is 12.4. The fraction of sp³-hybridized carbons (Fsp3) is 0.143. The summed E-state index contributed by atoms with van der Waals surface area (Å²) in [5.41, 5.74) is 5.75. The molecule has 3 N–H and O–H groups in total. The molecule has 0 saturated carbocycles. The summed E-state index contributed by atoms with van der Waals surface area (Å²) in [5.74, 6) is 5.30. The first-order valence-corrected chi connectivity index (χ1v) is 5.89. The Balaban J connectivity index is 2.27. The molecule has 0 fully saturated rings. The number of hydrazine groups is 1. The number of carbonyl (C=O) groups excluding carboxylic acids is 1. The predicted molar refractivity (Wildman–Crippen MR) is 76.0 cm³/mol. The van der Waals surface area contributed by atoms with Crippen molar-refractivity contribution in [1.82, 2.24) is 4.98 Å². The molecule has 0 aliphatic carbocycles. The van der Waals surface area contributed by atoms with Crippen molar-refractivity contribution in [3.8, 4) is 0 Å². The Kier molecular flexibility index (Phi) is 3.77. The highest BCUT2D eigenvalue weighted by Crippen LogP contribution is 2.18. The summed E-state index contributed by atoms with van der Waals surface area (Å²) >= 11 is 0. The number of pyridine rings is 1. The van der Waals surface area contributed by atoms with Crippen molar-refractivity contribution >= 4 is 17.3 Å². The highest BCUT2D eigenvalue weighted by atomic mass is 16.2. The van der Waals surface area contributed by atoms with Gasteiger partial charge < -0.3 is 10.3 Å². The molecule has 5 nitrogen and oxygen atoms in total. The number of rotatable bonds is 3. The number of nitrogens with two attached hydrogens (primary N) is 1. The fourth-order valence-electron chi connectivity index (χ4n) is 1.84. The van der Waals surface area contributed by atoms with Crippen LogP contribution >= 0.6 is 0 Å². The second-order valence-electron chi connectivity index (χ2n) is 4.24. The molecule has 1 heterocycles. The first-order valence-electron chi connectivity index (χ1n) is 5.89. The number of nitrogens with one attached hydrogen (secondary N) is 1. The predicted octanol–water partition coefficient (Wildman–Crippen LogP) is 1.95. The summed E-state index contributed by atoms with van der Waals surface area (Å²) in [4.78, 5) is 17.9. The summed E-state index contributed by atoms with van der Waals surface area (Å²) in [6.45, 7) is 1.90. The first kappa shape index (κ1) is 13.0. The molecular weight excluding hydrogens is 240 g/mol. The second kappa shape index (κ2) is 5.49. The lowest BCUT2D eigenvalue weighted by Crippen LogP contribution is -2.26. The zero-order valence-corrected chi connectivity index (χ0v) is 10.9. The molecular formula is C14H16N4O. The number of anilines is 2. The van der Waals surface area contributed by atoms with Crippen LogP contribution in [0.15, 0.2) is 42.7 Å². The second-order valence-corrected chi connectivity index (χ2v) is 4.24. The SMILES string of the molecule is Cc1cc(C(=O)N(C)c2ccncc2)ccc1NN. The number of benzene rings is 1. The van der Waals surface area contributed by atoms with Crippen molar-refractivity contribution in [2.75, 3.05) is 17.4 Å². The summed E-state index contributed by atoms with van der Waals surface area (Å²) < 4.78 is 0. The molecule has 0 saturated heterocycles. The van der Waals surface area contributed by atoms with Crippen molar-refractivity contribution in [2.24, 2.45) is 5.84 Å². The van der Waals surface area contributed by atoms with Crippen LogP contribution in [0.4, 0.5) is 11.4 Å². The Hall–Kier alpha value is -2.40. The Labute approximate surface area is 112 Å². The monoisotopic (exact) mass is 256 g/mol. The van der Waals surface area contributed by atoms with Crippen LogP contribution in [0.25, 0.3) is 0 Å². The zero-order valence-electron chi connectivity index (χ0n) is 10.9. The van der Waals surface area contributed by atoms with Gasteiger partial charge in [-0.3, -0.25) is 15.6 Å². The van der Waals surface area contributed by atoms with Gasteiger partial charge in [-0.2, -0.15) is 0 Å². The zero-order chi connectivity index (χ0) is 13.8. The van der Waals surface area contributed by atoms with Gasteiger partial charge in [0, 0.05) is 30.7 Å². The molecule has 0 bridgehead atoms. The molecule has 2 aromatic rings. The number of nitrogen functional groups attached to an aromatic ring is 1. The van der Waals surface area contributed by atoms with Crippen LogP contribution in [0.5, 0.6) is 0 Å². The molecule has 0 atom stereocenters. The molecule has 19 heavy (non-hydrogen) atoms. The lowest BCUT2D eigenvalue weighted by molar-refractivity contribution is 0.0993. The van der Waals surface area contributed by atoms with Gasteiger partial charge >= 0.3 is 0 Å². The van der Waals surface area contributed by atoms with Crippen LogP contribution < -0.4 is 16.2 Å². The van der Waals surface area contributed by atoms with E-state index >= 15 is 0 Å². The molecule has 5 heteroatoms. The highest BCUT2D eigenvalue weighted by Gasteiger charge is 2.14. The van der Waals surface area contributed by atoms with Crippen molar-refractivity contribution in [3.05, 3.63) is 53.9 Å². The molecule has 0 aliphatic rings. The van der Waals surface area contributed by atoms with Gasteiger partial charge in [-0.25, -0.2) is 0 Å². The molecule has 1 aromatic carbocycles. The van der Waals surface area contributed by atoms with E-state index in [-0.39, 0.29) is 5.91 Å². The van der Waals surface area contributed by atoms with E-state index in [2.05, 4.69) is 10.4 Å². The lowest BCUT2D eigenvalue weighted by atomic mass is 10.1. The summed E-state index contributed by atoms with van der Waals surface area (Å²) in [5, 5.41) is 0. The number of hydrogen-bond acceptors (Lipinski definition) is 4. The van der Waals surface area contributed by atoms with Crippen LogP contribution in [0, 0.1) is 6.92 Å². The Morgan fingerprint density at radius 1 is 1.26 bits per heavy atom. The molecule has 1 amide bonds. The minimum absolute atomic E-state index is 0.0714. The third kappa shape index (κ3) is 2.71. The number of aryl methyl sites for hydroxylation is 1. The minimum atomic E-state index is -0.0714. The van der Waals surface area contributed by atoms with E-state index in [1.807, 2.05) is 13.0 Å². The number of carbonyl (C=O) groups is 1. The smallest absolute Gasteiger partial charge is 0.258 e. The standard InChI is InChI=1S/C14H16N4O/c1-10-9-11(3-4-13(10)17-15)14(19)18(2)12-5-7-16-8-6-12/h3-9,17H,15H2,1-2H3. The molecule has 98 valence electrons. The van der Waals surface area contributed by atoms with E-state index in [1.54, 1.807) is 48.6 Å².